The van der Waals surface area contributed by atoms with Gasteiger partial charge in [-0.25, -0.2) is 0 Å². The zero-order valence-electron chi connectivity index (χ0n) is 11.9. The smallest absolute Gasteiger partial charge is 0.119 e. The van der Waals surface area contributed by atoms with Crippen LogP contribution in [-0.4, -0.2) is 31.1 Å². The zero-order chi connectivity index (χ0) is 13.8. The van der Waals surface area contributed by atoms with Crippen molar-refractivity contribution in [1.82, 2.24) is 4.90 Å². The molecule has 1 saturated carbocycles. The van der Waals surface area contributed by atoms with E-state index >= 15 is 0 Å². The molecule has 1 aromatic rings. The van der Waals surface area contributed by atoms with Crippen molar-refractivity contribution in [1.29, 1.82) is 5.26 Å². The maximum absolute atomic E-state index is 8.74. The molecule has 0 radical (unpaired) electrons. The van der Waals surface area contributed by atoms with E-state index in [0.717, 1.165) is 37.2 Å². The summed E-state index contributed by atoms with van der Waals surface area (Å²) in [6.07, 6.45) is 5.43. The van der Waals surface area contributed by atoms with Gasteiger partial charge in [0.1, 0.15) is 5.75 Å². The van der Waals surface area contributed by atoms with Gasteiger partial charge < -0.3 is 9.64 Å². The van der Waals surface area contributed by atoms with Crippen LogP contribution >= 0.6 is 0 Å². The topological polar surface area (TPSA) is 36.3 Å². The van der Waals surface area contributed by atoms with Crippen LogP contribution in [-0.2, 0) is 0 Å². The number of fused-ring (bicyclic) bond motifs is 1. The highest BCUT2D eigenvalue weighted by Gasteiger charge is 2.35. The molecule has 0 bridgehead atoms. The first-order valence-electron chi connectivity index (χ1n) is 7.70. The molecule has 106 valence electrons. The van der Waals surface area contributed by atoms with Gasteiger partial charge in [-0.15, -0.1) is 0 Å². The summed E-state index contributed by atoms with van der Waals surface area (Å²) < 4.78 is 5.72. The van der Waals surface area contributed by atoms with E-state index in [1.807, 2.05) is 12.1 Å². The molecule has 2 aliphatic rings. The zero-order valence-corrected chi connectivity index (χ0v) is 11.9. The average Bonchev–Trinajstić information content (AvgIpc) is 3.05. The SMILES string of the molecule is N#Cc1ccc(OCCCN2CC3CCCC3C2)cc1. The fourth-order valence-electron chi connectivity index (χ4n) is 3.62. The number of nitrogens with zero attached hydrogens (tertiary/aromatic N) is 2. The Hall–Kier alpha value is -1.53. The summed E-state index contributed by atoms with van der Waals surface area (Å²) in [5, 5.41) is 8.74. The average molecular weight is 270 g/mol. The molecule has 20 heavy (non-hydrogen) atoms. The molecule has 3 nitrogen and oxygen atoms in total. The van der Waals surface area contributed by atoms with Gasteiger partial charge in [-0.3, -0.25) is 0 Å². The minimum atomic E-state index is 0.681. The number of nitriles is 1. The fourth-order valence-corrected chi connectivity index (χ4v) is 3.62. The Balaban J connectivity index is 1.35. The first-order chi connectivity index (χ1) is 9.85. The maximum atomic E-state index is 8.74. The lowest BCUT2D eigenvalue weighted by Gasteiger charge is -2.16. The molecule has 2 fully saturated rings. The van der Waals surface area contributed by atoms with Crippen molar-refractivity contribution in [2.24, 2.45) is 11.8 Å². The van der Waals surface area contributed by atoms with Crippen LogP contribution < -0.4 is 4.74 Å². The summed E-state index contributed by atoms with van der Waals surface area (Å²) in [5.74, 6) is 2.83. The molecule has 1 aromatic carbocycles. The quantitative estimate of drug-likeness (QED) is 0.772. The number of hydrogen-bond acceptors (Lipinski definition) is 3. The number of benzene rings is 1. The summed E-state index contributed by atoms with van der Waals surface area (Å²) in [7, 11) is 0. The van der Waals surface area contributed by atoms with Crippen molar-refractivity contribution in [3.05, 3.63) is 29.8 Å². The molecular formula is C17H22N2O. The standard InChI is InChI=1S/C17H22N2O/c18-11-14-5-7-17(8-6-14)20-10-2-9-19-12-15-3-1-4-16(15)13-19/h5-8,15-16H,1-4,9-10,12-13H2. The Morgan fingerprint density at radius 1 is 1.15 bits per heavy atom. The molecule has 2 atom stereocenters. The molecule has 0 aromatic heterocycles. The van der Waals surface area contributed by atoms with Crippen LogP contribution in [0.15, 0.2) is 24.3 Å². The van der Waals surface area contributed by atoms with Crippen molar-refractivity contribution in [3.63, 3.8) is 0 Å². The second-order valence-electron chi connectivity index (χ2n) is 6.05. The van der Waals surface area contributed by atoms with E-state index in [1.165, 1.54) is 32.4 Å². The fraction of sp³-hybridized carbons (Fsp3) is 0.588. The van der Waals surface area contributed by atoms with Gasteiger partial charge >= 0.3 is 0 Å². The Morgan fingerprint density at radius 3 is 2.50 bits per heavy atom. The number of ether oxygens (including phenoxy) is 1. The molecule has 0 N–H and O–H groups in total. The molecule has 1 saturated heterocycles. The minimum absolute atomic E-state index is 0.681. The van der Waals surface area contributed by atoms with Crippen LogP contribution in [0.2, 0.25) is 0 Å². The third-order valence-electron chi connectivity index (χ3n) is 4.67. The van der Waals surface area contributed by atoms with Crippen LogP contribution in [0.25, 0.3) is 0 Å². The first kappa shape index (κ1) is 13.5. The van der Waals surface area contributed by atoms with Crippen LogP contribution in [0.3, 0.4) is 0 Å². The van der Waals surface area contributed by atoms with Crippen LogP contribution in [0.4, 0.5) is 0 Å². The number of hydrogen-bond donors (Lipinski definition) is 0. The van der Waals surface area contributed by atoms with E-state index in [9.17, 15) is 0 Å². The lowest BCUT2D eigenvalue weighted by atomic mass is 10.0. The second kappa shape index (κ2) is 6.28. The van der Waals surface area contributed by atoms with E-state index in [4.69, 9.17) is 10.00 Å². The molecule has 1 heterocycles. The van der Waals surface area contributed by atoms with Crippen LogP contribution in [0.1, 0.15) is 31.2 Å². The molecular weight excluding hydrogens is 248 g/mol. The molecule has 0 amide bonds. The normalized spacial score (nSPS) is 25.4. The molecule has 3 rings (SSSR count). The predicted molar refractivity (Wildman–Crippen MR) is 78.5 cm³/mol. The van der Waals surface area contributed by atoms with Crippen molar-refractivity contribution in [2.45, 2.75) is 25.7 Å². The summed E-state index contributed by atoms with van der Waals surface area (Å²) in [5.41, 5.74) is 0.681. The highest BCUT2D eigenvalue weighted by molar-refractivity contribution is 5.34. The van der Waals surface area contributed by atoms with E-state index in [-0.39, 0.29) is 0 Å². The highest BCUT2D eigenvalue weighted by Crippen LogP contribution is 2.37. The van der Waals surface area contributed by atoms with Gasteiger partial charge in [-0.05, 0) is 55.4 Å². The lowest BCUT2D eigenvalue weighted by molar-refractivity contribution is 0.253. The monoisotopic (exact) mass is 270 g/mol. The van der Waals surface area contributed by atoms with Crippen LogP contribution in [0.5, 0.6) is 5.75 Å². The Bertz CT molecular complexity index is 465. The van der Waals surface area contributed by atoms with Crippen molar-refractivity contribution >= 4 is 0 Å². The highest BCUT2D eigenvalue weighted by atomic mass is 16.5. The van der Waals surface area contributed by atoms with Gasteiger partial charge in [0.15, 0.2) is 0 Å². The van der Waals surface area contributed by atoms with E-state index in [2.05, 4.69) is 11.0 Å². The maximum Gasteiger partial charge on any atom is 0.119 e. The number of rotatable bonds is 5. The van der Waals surface area contributed by atoms with Gasteiger partial charge in [-0.2, -0.15) is 5.26 Å². The van der Waals surface area contributed by atoms with E-state index in [1.54, 1.807) is 12.1 Å². The molecule has 1 aliphatic heterocycles. The van der Waals surface area contributed by atoms with Crippen molar-refractivity contribution in [3.8, 4) is 11.8 Å². The van der Waals surface area contributed by atoms with Gasteiger partial charge in [0.2, 0.25) is 0 Å². The number of likely N-dealkylation sites (tertiary alicyclic amines) is 1. The van der Waals surface area contributed by atoms with Crippen LogP contribution in [0, 0.1) is 23.2 Å². The van der Waals surface area contributed by atoms with Crippen molar-refractivity contribution in [2.75, 3.05) is 26.2 Å². The third kappa shape index (κ3) is 3.13. The lowest BCUT2D eigenvalue weighted by Crippen LogP contribution is -2.24. The Morgan fingerprint density at radius 2 is 1.85 bits per heavy atom. The van der Waals surface area contributed by atoms with Gasteiger partial charge in [0.25, 0.3) is 0 Å². The summed E-state index contributed by atoms with van der Waals surface area (Å²) >= 11 is 0. The third-order valence-corrected chi connectivity index (χ3v) is 4.67. The van der Waals surface area contributed by atoms with E-state index in [0.29, 0.717) is 5.56 Å². The summed E-state index contributed by atoms with van der Waals surface area (Å²) in [6, 6.07) is 9.47. The second-order valence-corrected chi connectivity index (χ2v) is 6.05. The predicted octanol–water partition coefficient (Wildman–Crippen LogP) is 3.06. The summed E-state index contributed by atoms with van der Waals surface area (Å²) in [6.45, 7) is 4.53. The van der Waals surface area contributed by atoms with Gasteiger partial charge in [0, 0.05) is 19.6 Å². The Labute approximate surface area is 121 Å². The van der Waals surface area contributed by atoms with Gasteiger partial charge in [0.05, 0.1) is 18.2 Å². The minimum Gasteiger partial charge on any atom is -0.494 e. The molecule has 2 unspecified atom stereocenters. The largest absolute Gasteiger partial charge is 0.494 e. The Kier molecular flexibility index (Phi) is 4.22. The molecule has 1 aliphatic carbocycles. The molecule has 0 spiro atoms. The van der Waals surface area contributed by atoms with E-state index < -0.39 is 0 Å². The first-order valence-corrected chi connectivity index (χ1v) is 7.70. The van der Waals surface area contributed by atoms with Crippen molar-refractivity contribution < 1.29 is 4.74 Å². The molecule has 3 heteroatoms. The van der Waals surface area contributed by atoms with Gasteiger partial charge in [-0.1, -0.05) is 6.42 Å². The summed E-state index contributed by atoms with van der Waals surface area (Å²) in [4.78, 5) is 2.61.